The minimum Gasteiger partial charge on any atom is -0.370 e. The Balaban J connectivity index is 2.38. The fourth-order valence-electron chi connectivity index (χ4n) is 1.67. The van der Waals surface area contributed by atoms with Gasteiger partial charge < -0.3 is 5.32 Å². The summed E-state index contributed by atoms with van der Waals surface area (Å²) >= 11 is 0. The second kappa shape index (κ2) is 5.44. The van der Waals surface area contributed by atoms with Gasteiger partial charge in [0.2, 0.25) is 0 Å². The molecule has 11 heteroatoms. The van der Waals surface area contributed by atoms with Crippen molar-refractivity contribution in [2.45, 2.75) is 17.9 Å². The van der Waals surface area contributed by atoms with Gasteiger partial charge in [0, 0.05) is 12.3 Å². The summed E-state index contributed by atoms with van der Waals surface area (Å²) < 4.78 is 22.9. The monoisotopic (exact) mass is 312 g/mol. The summed E-state index contributed by atoms with van der Waals surface area (Å²) in [5, 5.41) is 27.2. The number of anilines is 1. The lowest BCUT2D eigenvalue weighted by atomic mass is 10.2. The van der Waals surface area contributed by atoms with Gasteiger partial charge in [-0.3, -0.25) is 10.1 Å². The van der Waals surface area contributed by atoms with Crippen LogP contribution in [0.4, 0.5) is 11.4 Å². The number of nitrogens with zero attached hydrogens (tertiary/aromatic N) is 4. The average molecular weight is 312 g/mol. The van der Waals surface area contributed by atoms with E-state index in [1.807, 2.05) is 0 Å². The number of nitrogens with one attached hydrogen (secondary N) is 2. The van der Waals surface area contributed by atoms with Crippen molar-refractivity contribution in [3.05, 3.63) is 34.1 Å². The van der Waals surface area contributed by atoms with Crippen molar-refractivity contribution in [1.29, 1.82) is 0 Å². The Kier molecular flexibility index (Phi) is 3.84. The van der Waals surface area contributed by atoms with E-state index >= 15 is 0 Å². The highest BCUT2D eigenvalue weighted by molar-refractivity contribution is 7.90. The normalized spacial score (nSPS) is 12.9. The number of nitro benzene ring substituents is 1. The van der Waals surface area contributed by atoms with Crippen molar-refractivity contribution < 1.29 is 13.3 Å². The van der Waals surface area contributed by atoms with Crippen LogP contribution in [0.25, 0.3) is 0 Å². The van der Waals surface area contributed by atoms with Crippen LogP contribution in [0.1, 0.15) is 18.8 Å². The van der Waals surface area contributed by atoms with Gasteiger partial charge in [-0.2, -0.15) is 5.21 Å². The van der Waals surface area contributed by atoms with Crippen LogP contribution in [-0.2, 0) is 9.84 Å². The van der Waals surface area contributed by atoms with Crippen LogP contribution >= 0.6 is 0 Å². The number of aromatic amines is 1. The molecule has 2 aromatic rings. The molecular weight excluding hydrogens is 300 g/mol. The Morgan fingerprint density at radius 3 is 2.67 bits per heavy atom. The molecule has 21 heavy (non-hydrogen) atoms. The van der Waals surface area contributed by atoms with E-state index in [9.17, 15) is 18.5 Å². The van der Waals surface area contributed by atoms with E-state index in [0.29, 0.717) is 5.82 Å². The lowest BCUT2D eigenvalue weighted by Gasteiger charge is -2.12. The summed E-state index contributed by atoms with van der Waals surface area (Å²) in [6, 6.07) is 3.21. The van der Waals surface area contributed by atoms with Gasteiger partial charge >= 0.3 is 0 Å². The van der Waals surface area contributed by atoms with E-state index < -0.39 is 20.8 Å². The van der Waals surface area contributed by atoms with Crippen molar-refractivity contribution in [3.8, 4) is 0 Å². The fourth-order valence-corrected chi connectivity index (χ4v) is 2.31. The third kappa shape index (κ3) is 3.31. The Hall–Kier alpha value is -2.56. The van der Waals surface area contributed by atoms with Crippen molar-refractivity contribution in [3.63, 3.8) is 0 Å². The summed E-state index contributed by atoms with van der Waals surface area (Å²) in [7, 11) is -3.52. The number of aromatic nitrogens is 4. The van der Waals surface area contributed by atoms with Gasteiger partial charge in [-0.25, -0.2) is 8.42 Å². The zero-order valence-corrected chi connectivity index (χ0v) is 12.0. The lowest BCUT2D eigenvalue weighted by Crippen LogP contribution is -2.10. The lowest BCUT2D eigenvalue weighted by molar-refractivity contribution is -0.384. The molecule has 0 saturated carbocycles. The molecule has 0 saturated heterocycles. The quantitative estimate of drug-likeness (QED) is 0.606. The largest absolute Gasteiger partial charge is 0.370 e. The second-order valence-corrected chi connectivity index (χ2v) is 6.36. The fraction of sp³-hybridized carbons (Fsp3) is 0.300. The van der Waals surface area contributed by atoms with Crippen molar-refractivity contribution in [2.75, 3.05) is 11.6 Å². The maximum atomic E-state index is 11.5. The molecule has 0 aliphatic carbocycles. The molecule has 0 spiro atoms. The Morgan fingerprint density at radius 2 is 2.14 bits per heavy atom. The molecule has 2 rings (SSSR count). The van der Waals surface area contributed by atoms with E-state index in [2.05, 4.69) is 25.9 Å². The van der Waals surface area contributed by atoms with Gasteiger partial charge in [-0.15, -0.1) is 10.2 Å². The molecule has 0 amide bonds. The molecule has 1 unspecified atom stereocenters. The maximum absolute atomic E-state index is 11.5. The van der Waals surface area contributed by atoms with Crippen LogP contribution in [0, 0.1) is 10.1 Å². The molecule has 1 heterocycles. The first-order chi connectivity index (χ1) is 9.79. The van der Waals surface area contributed by atoms with E-state index in [-0.39, 0.29) is 16.3 Å². The summed E-state index contributed by atoms with van der Waals surface area (Å²) in [5.74, 6) is 0.330. The summed E-state index contributed by atoms with van der Waals surface area (Å²) in [6.07, 6.45) is 0.987. The summed E-state index contributed by atoms with van der Waals surface area (Å²) in [6.45, 7) is 1.69. The number of sulfone groups is 1. The van der Waals surface area contributed by atoms with Crippen LogP contribution in [0.2, 0.25) is 0 Å². The van der Waals surface area contributed by atoms with Crippen molar-refractivity contribution in [1.82, 2.24) is 20.6 Å². The molecule has 0 aliphatic rings. The molecule has 112 valence electrons. The number of hydrogen-bond acceptors (Lipinski definition) is 8. The number of nitro groups is 1. The number of rotatable bonds is 5. The molecule has 1 aromatic heterocycles. The molecular formula is C10H12N6O4S. The Labute approximate surface area is 119 Å². The maximum Gasteiger partial charge on any atom is 0.293 e. The zero-order valence-electron chi connectivity index (χ0n) is 11.1. The first-order valence-electron chi connectivity index (χ1n) is 5.77. The highest BCUT2D eigenvalue weighted by Crippen LogP contribution is 2.29. The summed E-state index contributed by atoms with van der Waals surface area (Å²) in [5.41, 5.74) is -0.169. The first kappa shape index (κ1) is 14.8. The van der Waals surface area contributed by atoms with Crippen LogP contribution < -0.4 is 5.32 Å². The Morgan fingerprint density at radius 1 is 1.43 bits per heavy atom. The van der Waals surface area contributed by atoms with Crippen LogP contribution in [0.15, 0.2) is 23.1 Å². The first-order valence-corrected chi connectivity index (χ1v) is 7.66. The second-order valence-electron chi connectivity index (χ2n) is 4.34. The van der Waals surface area contributed by atoms with Crippen LogP contribution in [0.3, 0.4) is 0 Å². The number of benzene rings is 1. The van der Waals surface area contributed by atoms with Gasteiger partial charge in [0.25, 0.3) is 5.69 Å². The van der Waals surface area contributed by atoms with Crippen molar-refractivity contribution >= 4 is 21.2 Å². The molecule has 1 atom stereocenters. The van der Waals surface area contributed by atoms with Gasteiger partial charge in [-0.05, 0) is 19.1 Å². The molecule has 10 nitrogen and oxygen atoms in total. The van der Waals surface area contributed by atoms with Crippen molar-refractivity contribution in [2.24, 2.45) is 0 Å². The Bertz CT molecular complexity index is 758. The van der Waals surface area contributed by atoms with Gasteiger partial charge in [0.15, 0.2) is 15.7 Å². The molecule has 2 N–H and O–H groups in total. The number of H-pyrrole nitrogens is 1. The predicted molar refractivity (Wildman–Crippen MR) is 72.4 cm³/mol. The summed E-state index contributed by atoms with van der Waals surface area (Å²) in [4.78, 5) is 10.3. The minimum absolute atomic E-state index is 0.119. The molecule has 0 bridgehead atoms. The molecule has 0 aliphatic heterocycles. The van der Waals surface area contributed by atoms with Gasteiger partial charge in [0.1, 0.15) is 5.69 Å². The van der Waals surface area contributed by atoms with Gasteiger partial charge in [0.05, 0.1) is 15.9 Å². The number of tetrazole rings is 1. The standard InChI is InChI=1S/C10H12N6O4S/c1-6(10-12-14-15-13-10)11-8-4-3-7(21(2,19)20)5-9(8)16(17)18/h3-6,11H,1-2H3,(H,12,13,14,15). The van der Waals surface area contributed by atoms with Gasteiger partial charge in [-0.1, -0.05) is 5.21 Å². The van der Waals surface area contributed by atoms with E-state index in [1.165, 1.54) is 12.1 Å². The highest BCUT2D eigenvalue weighted by Gasteiger charge is 2.21. The predicted octanol–water partition coefficient (Wildman–Crippen LogP) is 0.684. The van der Waals surface area contributed by atoms with E-state index in [4.69, 9.17) is 0 Å². The topological polar surface area (TPSA) is 144 Å². The van der Waals surface area contributed by atoms with Crippen LogP contribution in [-0.4, -0.2) is 40.2 Å². The zero-order chi connectivity index (χ0) is 15.6. The highest BCUT2D eigenvalue weighted by atomic mass is 32.2. The minimum atomic E-state index is -3.52. The average Bonchev–Trinajstić information content (AvgIpc) is 2.91. The van der Waals surface area contributed by atoms with E-state index in [0.717, 1.165) is 12.3 Å². The molecule has 0 fully saturated rings. The third-order valence-electron chi connectivity index (χ3n) is 2.72. The number of hydrogen-bond donors (Lipinski definition) is 2. The molecule has 1 aromatic carbocycles. The SMILES string of the molecule is CC(Nc1ccc(S(C)(=O)=O)cc1[N+](=O)[O-])c1nn[nH]n1. The van der Waals surface area contributed by atoms with Crippen LogP contribution in [0.5, 0.6) is 0 Å². The van der Waals surface area contributed by atoms with E-state index in [1.54, 1.807) is 6.92 Å². The molecule has 0 radical (unpaired) electrons. The third-order valence-corrected chi connectivity index (χ3v) is 3.83. The smallest absolute Gasteiger partial charge is 0.293 e.